The van der Waals surface area contributed by atoms with E-state index in [2.05, 4.69) is 34.5 Å². The molecule has 3 fully saturated rings. The van der Waals surface area contributed by atoms with Crippen LogP contribution in [-0.2, 0) is 21.6 Å². The van der Waals surface area contributed by atoms with Crippen LogP contribution in [0.3, 0.4) is 0 Å². The molecule has 0 bridgehead atoms. The third-order valence-electron chi connectivity index (χ3n) is 7.36. The van der Waals surface area contributed by atoms with Gasteiger partial charge in [0, 0.05) is 25.7 Å². The molecular formula is C24H34N2O2. The molecule has 2 saturated carbocycles. The van der Waals surface area contributed by atoms with Crippen molar-refractivity contribution in [1.82, 2.24) is 10.2 Å². The second kappa shape index (κ2) is 7.79. The first kappa shape index (κ1) is 18.6. The molecule has 1 aromatic carbocycles. The van der Waals surface area contributed by atoms with E-state index in [0.717, 1.165) is 51.1 Å². The predicted octanol–water partition coefficient (Wildman–Crippen LogP) is 3.78. The topological polar surface area (TPSA) is 41.6 Å². The van der Waals surface area contributed by atoms with Crippen molar-refractivity contribution < 1.29 is 9.53 Å². The standard InChI is InChI=1S/C24H34N2O2/c27-23(25-20-6-2-3-7-20)16-21-15-19-5-1-4-8-22(19)24(28-21)11-13-26(14-12-24)17-18-9-10-18/h1,4-5,8,18,20-21H,2-3,6-7,9-17H2,(H,25,27). The van der Waals surface area contributed by atoms with E-state index >= 15 is 0 Å². The zero-order chi connectivity index (χ0) is 19.0. The molecule has 0 radical (unpaired) electrons. The van der Waals surface area contributed by atoms with E-state index in [9.17, 15) is 4.79 Å². The van der Waals surface area contributed by atoms with Crippen LogP contribution in [0, 0.1) is 5.92 Å². The van der Waals surface area contributed by atoms with Crippen LogP contribution >= 0.6 is 0 Å². The highest BCUT2D eigenvalue weighted by atomic mass is 16.5. The van der Waals surface area contributed by atoms with Crippen molar-refractivity contribution in [2.24, 2.45) is 5.92 Å². The largest absolute Gasteiger partial charge is 0.366 e. The lowest BCUT2D eigenvalue weighted by Crippen LogP contribution is -2.50. The fourth-order valence-corrected chi connectivity index (χ4v) is 5.64. The van der Waals surface area contributed by atoms with Crippen LogP contribution in [0.4, 0.5) is 0 Å². The Kier molecular flexibility index (Phi) is 5.18. The molecule has 28 heavy (non-hydrogen) atoms. The Balaban J connectivity index is 1.27. The molecule has 2 aliphatic carbocycles. The maximum absolute atomic E-state index is 12.6. The Morgan fingerprint density at radius 1 is 1.11 bits per heavy atom. The van der Waals surface area contributed by atoms with E-state index in [-0.39, 0.29) is 17.6 Å². The molecule has 1 amide bonds. The lowest BCUT2D eigenvalue weighted by atomic mass is 9.78. The first-order valence-corrected chi connectivity index (χ1v) is 11.5. The van der Waals surface area contributed by atoms with Gasteiger partial charge in [-0.2, -0.15) is 0 Å². The van der Waals surface area contributed by atoms with E-state index in [4.69, 9.17) is 4.74 Å². The lowest BCUT2D eigenvalue weighted by Gasteiger charge is -2.47. The minimum atomic E-state index is -0.187. The first-order valence-electron chi connectivity index (χ1n) is 11.5. The van der Waals surface area contributed by atoms with Gasteiger partial charge in [0.25, 0.3) is 0 Å². The summed E-state index contributed by atoms with van der Waals surface area (Å²) in [4.78, 5) is 15.3. The summed E-state index contributed by atoms with van der Waals surface area (Å²) >= 11 is 0. The third-order valence-corrected chi connectivity index (χ3v) is 7.36. The fraction of sp³-hybridized carbons (Fsp3) is 0.708. The Morgan fingerprint density at radius 3 is 2.61 bits per heavy atom. The molecule has 1 aromatic rings. The van der Waals surface area contributed by atoms with Crippen molar-refractivity contribution in [1.29, 1.82) is 0 Å². The summed E-state index contributed by atoms with van der Waals surface area (Å²) in [6.45, 7) is 3.50. The maximum atomic E-state index is 12.6. The number of benzene rings is 1. The second-order valence-corrected chi connectivity index (χ2v) is 9.59. The molecule has 4 heteroatoms. The zero-order valence-corrected chi connectivity index (χ0v) is 17.0. The molecule has 5 rings (SSSR count). The Morgan fingerprint density at radius 2 is 1.86 bits per heavy atom. The van der Waals surface area contributed by atoms with Crippen molar-refractivity contribution in [3.8, 4) is 0 Å². The van der Waals surface area contributed by atoms with E-state index in [1.54, 1.807) is 0 Å². The van der Waals surface area contributed by atoms with E-state index in [1.807, 2.05) is 0 Å². The quantitative estimate of drug-likeness (QED) is 0.843. The maximum Gasteiger partial charge on any atom is 0.222 e. The summed E-state index contributed by atoms with van der Waals surface area (Å²) in [5.74, 6) is 1.12. The molecule has 1 atom stereocenters. The summed E-state index contributed by atoms with van der Waals surface area (Å²) in [5.41, 5.74) is 2.59. The molecule has 2 aliphatic heterocycles. The summed E-state index contributed by atoms with van der Waals surface area (Å²) in [5, 5.41) is 3.25. The van der Waals surface area contributed by atoms with Gasteiger partial charge in [0.15, 0.2) is 0 Å². The third kappa shape index (κ3) is 3.99. The van der Waals surface area contributed by atoms with Crippen LogP contribution in [0.1, 0.15) is 68.9 Å². The van der Waals surface area contributed by atoms with Crippen LogP contribution in [0.5, 0.6) is 0 Å². The SMILES string of the molecule is O=C(CC1Cc2ccccc2C2(CCN(CC3CC3)CC2)O1)NC1CCCC1. The van der Waals surface area contributed by atoms with E-state index in [0.29, 0.717) is 12.5 Å². The normalized spacial score (nSPS) is 27.6. The Bertz CT molecular complexity index is 700. The molecule has 2 heterocycles. The summed E-state index contributed by atoms with van der Waals surface area (Å²) in [6, 6.07) is 9.19. The first-order chi connectivity index (χ1) is 13.7. The van der Waals surface area contributed by atoms with Crippen LogP contribution in [0.15, 0.2) is 24.3 Å². The molecular weight excluding hydrogens is 348 g/mol. The number of carbonyl (C=O) groups is 1. The number of amides is 1. The minimum Gasteiger partial charge on any atom is -0.366 e. The summed E-state index contributed by atoms with van der Waals surface area (Å²) in [7, 11) is 0. The highest BCUT2D eigenvalue weighted by molar-refractivity contribution is 5.77. The zero-order valence-electron chi connectivity index (χ0n) is 17.0. The number of likely N-dealkylation sites (tertiary alicyclic amines) is 1. The molecule has 0 aromatic heterocycles. The average Bonchev–Trinajstić information content (AvgIpc) is 3.37. The minimum absolute atomic E-state index is 0.00582. The number of carbonyl (C=O) groups excluding carboxylic acids is 1. The van der Waals surface area contributed by atoms with Crippen molar-refractivity contribution in [2.45, 2.75) is 82.0 Å². The van der Waals surface area contributed by atoms with Gasteiger partial charge in [0.1, 0.15) is 0 Å². The molecule has 1 spiro atoms. The number of fused-ring (bicyclic) bond motifs is 2. The smallest absolute Gasteiger partial charge is 0.222 e. The second-order valence-electron chi connectivity index (χ2n) is 9.59. The van der Waals surface area contributed by atoms with Crippen LogP contribution < -0.4 is 5.32 Å². The van der Waals surface area contributed by atoms with Gasteiger partial charge in [-0.3, -0.25) is 4.79 Å². The van der Waals surface area contributed by atoms with Crippen LogP contribution in [0.25, 0.3) is 0 Å². The Labute approximate surface area is 169 Å². The fourth-order valence-electron chi connectivity index (χ4n) is 5.64. The number of nitrogens with zero attached hydrogens (tertiary/aromatic N) is 1. The van der Waals surface area contributed by atoms with Gasteiger partial charge in [-0.05, 0) is 62.0 Å². The van der Waals surface area contributed by atoms with Crippen LogP contribution in [0.2, 0.25) is 0 Å². The molecule has 1 N–H and O–H groups in total. The number of nitrogens with one attached hydrogen (secondary N) is 1. The summed E-state index contributed by atoms with van der Waals surface area (Å²) < 4.78 is 6.76. The van der Waals surface area contributed by atoms with E-state index < -0.39 is 0 Å². The number of piperidine rings is 1. The van der Waals surface area contributed by atoms with Gasteiger partial charge in [-0.25, -0.2) is 0 Å². The highest BCUT2D eigenvalue weighted by Crippen LogP contribution is 2.44. The molecule has 1 unspecified atom stereocenters. The van der Waals surface area contributed by atoms with Gasteiger partial charge < -0.3 is 15.0 Å². The van der Waals surface area contributed by atoms with Gasteiger partial charge >= 0.3 is 0 Å². The predicted molar refractivity (Wildman–Crippen MR) is 110 cm³/mol. The van der Waals surface area contributed by atoms with Crippen molar-refractivity contribution in [3.63, 3.8) is 0 Å². The molecule has 4 aliphatic rings. The van der Waals surface area contributed by atoms with Gasteiger partial charge in [-0.1, -0.05) is 37.1 Å². The molecule has 1 saturated heterocycles. The Hall–Kier alpha value is -1.39. The molecule has 152 valence electrons. The van der Waals surface area contributed by atoms with Crippen LogP contribution in [-0.4, -0.2) is 42.6 Å². The monoisotopic (exact) mass is 382 g/mol. The van der Waals surface area contributed by atoms with Crippen molar-refractivity contribution in [3.05, 3.63) is 35.4 Å². The van der Waals surface area contributed by atoms with E-state index in [1.165, 1.54) is 43.4 Å². The molecule has 4 nitrogen and oxygen atoms in total. The number of ether oxygens (including phenoxy) is 1. The number of rotatable bonds is 5. The number of hydrogen-bond acceptors (Lipinski definition) is 3. The van der Waals surface area contributed by atoms with Gasteiger partial charge in [0.05, 0.1) is 18.1 Å². The highest BCUT2D eigenvalue weighted by Gasteiger charge is 2.44. The van der Waals surface area contributed by atoms with Crippen molar-refractivity contribution in [2.75, 3.05) is 19.6 Å². The van der Waals surface area contributed by atoms with Gasteiger partial charge in [0.2, 0.25) is 5.91 Å². The average molecular weight is 383 g/mol. The van der Waals surface area contributed by atoms with Gasteiger partial charge in [-0.15, -0.1) is 0 Å². The summed E-state index contributed by atoms with van der Waals surface area (Å²) in [6.07, 6.45) is 11.1. The number of hydrogen-bond donors (Lipinski definition) is 1. The van der Waals surface area contributed by atoms with Crippen molar-refractivity contribution >= 4 is 5.91 Å². The lowest BCUT2D eigenvalue weighted by molar-refractivity contribution is -0.150.